The second-order valence-corrected chi connectivity index (χ2v) is 7.56. The topological polar surface area (TPSA) is 85.6 Å². The Hall–Kier alpha value is -2.77. The van der Waals surface area contributed by atoms with E-state index in [1.165, 1.54) is 19.3 Å². The summed E-state index contributed by atoms with van der Waals surface area (Å²) in [4.78, 5) is 4.30. The van der Waals surface area contributed by atoms with E-state index in [9.17, 15) is 0 Å². The van der Waals surface area contributed by atoms with Gasteiger partial charge in [0.15, 0.2) is 17.5 Å². The third-order valence-corrected chi connectivity index (χ3v) is 5.23. The molecule has 2 aromatic rings. The molecule has 8 heteroatoms. The number of methoxy groups -OCH3 is 1. The Labute approximate surface area is 179 Å². The lowest BCUT2D eigenvalue weighted by atomic mass is 10.2. The fourth-order valence-corrected chi connectivity index (χ4v) is 3.62. The predicted octanol–water partition coefficient (Wildman–Crippen LogP) is 2.58. The molecule has 8 nitrogen and oxygen atoms in total. The van der Waals surface area contributed by atoms with E-state index in [-0.39, 0.29) is 6.10 Å². The minimum atomic E-state index is -0.0358. The van der Waals surface area contributed by atoms with Gasteiger partial charge in [0.2, 0.25) is 0 Å². The summed E-state index contributed by atoms with van der Waals surface area (Å²) in [6.07, 6.45) is 6.65. The zero-order chi connectivity index (χ0) is 21.2. The molecule has 0 aliphatic carbocycles. The van der Waals surface area contributed by atoms with Crippen LogP contribution in [-0.2, 0) is 19.4 Å². The number of nitrogens with one attached hydrogen (secondary N) is 2. The number of fused-ring (bicyclic) bond motifs is 1. The zero-order valence-electron chi connectivity index (χ0n) is 18.4. The molecular weight excluding hydrogens is 380 g/mol. The maximum absolute atomic E-state index is 5.98. The molecule has 1 aromatic carbocycles. The smallest absolute Gasteiger partial charge is 0.191 e. The third kappa shape index (κ3) is 6.11. The predicted molar refractivity (Wildman–Crippen MR) is 118 cm³/mol. The zero-order valence-corrected chi connectivity index (χ0v) is 18.4. The number of benzene rings is 1. The van der Waals surface area contributed by atoms with E-state index in [1.54, 1.807) is 14.2 Å². The van der Waals surface area contributed by atoms with E-state index in [4.69, 9.17) is 9.47 Å². The first kappa shape index (κ1) is 21.9. The van der Waals surface area contributed by atoms with E-state index >= 15 is 0 Å². The second-order valence-electron chi connectivity index (χ2n) is 7.56. The van der Waals surface area contributed by atoms with Crippen molar-refractivity contribution < 1.29 is 9.47 Å². The Morgan fingerprint density at radius 1 is 1.17 bits per heavy atom. The quantitative estimate of drug-likeness (QED) is 0.373. The van der Waals surface area contributed by atoms with Crippen LogP contribution in [0.25, 0.3) is 0 Å². The van der Waals surface area contributed by atoms with Crippen LogP contribution < -0.4 is 20.1 Å². The van der Waals surface area contributed by atoms with Crippen LogP contribution in [0.4, 0.5) is 0 Å². The molecule has 3 rings (SSSR count). The standard InChI is InChI=1S/C22H34N6O2/c1-17(30-19-11-7-6-10-18(19)29-3)16-25-22(23-2)24-14-9-13-21-27-26-20-12-5-4-8-15-28(20)21/h6-7,10-11,17H,4-5,8-9,12-16H2,1-3H3,(H2,23,24,25). The fourth-order valence-electron chi connectivity index (χ4n) is 3.62. The third-order valence-electron chi connectivity index (χ3n) is 5.23. The largest absolute Gasteiger partial charge is 0.493 e. The van der Waals surface area contributed by atoms with Gasteiger partial charge in [-0.25, -0.2) is 0 Å². The number of aryl methyl sites for hydroxylation is 2. The Kier molecular flexibility index (Phi) is 8.35. The summed E-state index contributed by atoms with van der Waals surface area (Å²) in [5, 5.41) is 15.5. The van der Waals surface area contributed by atoms with Crippen molar-refractivity contribution in [1.29, 1.82) is 0 Å². The van der Waals surface area contributed by atoms with Crippen LogP contribution in [0, 0.1) is 0 Å². The molecule has 0 saturated carbocycles. The summed E-state index contributed by atoms with van der Waals surface area (Å²) in [7, 11) is 3.42. The number of ether oxygens (including phenoxy) is 2. The molecule has 2 N–H and O–H groups in total. The van der Waals surface area contributed by atoms with Gasteiger partial charge in [-0.2, -0.15) is 0 Å². The number of aromatic nitrogens is 3. The highest BCUT2D eigenvalue weighted by Crippen LogP contribution is 2.26. The Morgan fingerprint density at radius 2 is 2.00 bits per heavy atom. The average Bonchev–Trinajstić information content (AvgIpc) is 2.99. The first-order valence-electron chi connectivity index (χ1n) is 10.9. The molecule has 0 saturated heterocycles. The van der Waals surface area contributed by atoms with Gasteiger partial charge in [-0.3, -0.25) is 4.99 Å². The molecule has 1 unspecified atom stereocenters. The molecular formula is C22H34N6O2. The first-order valence-corrected chi connectivity index (χ1v) is 10.9. The van der Waals surface area contributed by atoms with E-state index in [2.05, 4.69) is 30.4 Å². The molecule has 0 spiro atoms. The maximum Gasteiger partial charge on any atom is 0.191 e. The minimum Gasteiger partial charge on any atom is -0.493 e. The number of nitrogens with zero attached hydrogens (tertiary/aromatic N) is 4. The minimum absolute atomic E-state index is 0.0358. The number of rotatable bonds is 9. The second kappa shape index (κ2) is 11.4. The van der Waals surface area contributed by atoms with Gasteiger partial charge >= 0.3 is 0 Å². The van der Waals surface area contributed by atoms with Gasteiger partial charge in [0.25, 0.3) is 0 Å². The summed E-state index contributed by atoms with van der Waals surface area (Å²) in [5.41, 5.74) is 0. The van der Waals surface area contributed by atoms with Crippen LogP contribution in [0.15, 0.2) is 29.3 Å². The molecule has 1 aromatic heterocycles. The van der Waals surface area contributed by atoms with Crippen molar-refractivity contribution in [3.05, 3.63) is 35.9 Å². The normalized spacial score (nSPS) is 15.1. The maximum atomic E-state index is 5.98. The van der Waals surface area contributed by atoms with Crippen LogP contribution in [0.2, 0.25) is 0 Å². The highest BCUT2D eigenvalue weighted by Gasteiger charge is 2.14. The van der Waals surface area contributed by atoms with Crippen LogP contribution in [0.1, 0.15) is 44.3 Å². The Balaban J connectivity index is 1.38. The first-order chi connectivity index (χ1) is 14.7. The summed E-state index contributed by atoms with van der Waals surface area (Å²) < 4.78 is 13.6. The number of hydrogen-bond acceptors (Lipinski definition) is 5. The van der Waals surface area contributed by atoms with Crippen molar-refractivity contribution in [2.45, 2.75) is 58.1 Å². The lowest BCUT2D eigenvalue weighted by Gasteiger charge is -2.19. The lowest BCUT2D eigenvalue weighted by molar-refractivity contribution is 0.213. The highest BCUT2D eigenvalue weighted by atomic mass is 16.5. The Morgan fingerprint density at radius 3 is 2.80 bits per heavy atom. The average molecular weight is 415 g/mol. The summed E-state index contributed by atoms with van der Waals surface area (Å²) in [6, 6.07) is 7.67. The molecule has 0 amide bonds. The molecule has 164 valence electrons. The van der Waals surface area contributed by atoms with Crippen molar-refractivity contribution in [1.82, 2.24) is 25.4 Å². The van der Waals surface area contributed by atoms with Crippen molar-refractivity contribution in [2.24, 2.45) is 4.99 Å². The van der Waals surface area contributed by atoms with Crippen molar-refractivity contribution in [3.63, 3.8) is 0 Å². The molecule has 0 radical (unpaired) electrons. The molecule has 1 aliphatic rings. The van der Waals surface area contributed by atoms with Gasteiger partial charge in [-0.05, 0) is 38.3 Å². The lowest BCUT2D eigenvalue weighted by Crippen LogP contribution is -2.42. The summed E-state index contributed by atoms with van der Waals surface area (Å²) in [5.74, 6) is 4.50. The van der Waals surface area contributed by atoms with Gasteiger partial charge in [0.1, 0.15) is 17.8 Å². The monoisotopic (exact) mass is 414 g/mol. The van der Waals surface area contributed by atoms with Gasteiger partial charge in [-0.15, -0.1) is 10.2 Å². The van der Waals surface area contributed by atoms with Crippen molar-refractivity contribution in [2.75, 3.05) is 27.2 Å². The van der Waals surface area contributed by atoms with Crippen LogP contribution in [0.3, 0.4) is 0 Å². The van der Waals surface area contributed by atoms with E-state index in [0.717, 1.165) is 61.5 Å². The summed E-state index contributed by atoms with van der Waals surface area (Å²) in [6.45, 7) is 4.53. The molecule has 30 heavy (non-hydrogen) atoms. The Bertz CT molecular complexity index is 820. The van der Waals surface area contributed by atoms with Crippen molar-refractivity contribution >= 4 is 5.96 Å². The van der Waals surface area contributed by atoms with Crippen LogP contribution in [0.5, 0.6) is 11.5 Å². The SMILES string of the molecule is CN=C(NCCCc1nnc2n1CCCCC2)NCC(C)Oc1ccccc1OC. The summed E-state index contributed by atoms with van der Waals surface area (Å²) >= 11 is 0. The van der Waals surface area contributed by atoms with Gasteiger partial charge in [0.05, 0.1) is 13.7 Å². The molecule has 1 aliphatic heterocycles. The number of para-hydroxylation sites is 2. The molecule has 0 fully saturated rings. The highest BCUT2D eigenvalue weighted by molar-refractivity contribution is 5.79. The van der Waals surface area contributed by atoms with E-state index in [0.29, 0.717) is 6.54 Å². The number of aliphatic imine (C=N–C) groups is 1. The van der Waals surface area contributed by atoms with Crippen molar-refractivity contribution in [3.8, 4) is 11.5 Å². The molecule has 0 bridgehead atoms. The van der Waals surface area contributed by atoms with Gasteiger partial charge in [-0.1, -0.05) is 18.6 Å². The molecule has 2 heterocycles. The number of hydrogen-bond donors (Lipinski definition) is 2. The molecule has 1 atom stereocenters. The van der Waals surface area contributed by atoms with Gasteiger partial charge < -0.3 is 24.7 Å². The van der Waals surface area contributed by atoms with Crippen LogP contribution >= 0.6 is 0 Å². The number of guanidine groups is 1. The van der Waals surface area contributed by atoms with Crippen LogP contribution in [-0.4, -0.2) is 54.1 Å². The fraction of sp³-hybridized carbons (Fsp3) is 0.591. The van der Waals surface area contributed by atoms with Gasteiger partial charge in [0, 0.05) is 33.0 Å². The van der Waals surface area contributed by atoms with E-state index < -0.39 is 0 Å². The van der Waals surface area contributed by atoms with E-state index in [1.807, 2.05) is 31.2 Å².